The third-order valence-electron chi connectivity index (χ3n) is 5.25. The van der Waals surface area contributed by atoms with Crippen LogP contribution in [0.5, 0.6) is 5.75 Å². The first-order chi connectivity index (χ1) is 16.8. The van der Waals surface area contributed by atoms with E-state index >= 15 is 0 Å². The zero-order valence-corrected chi connectivity index (χ0v) is 21.4. The molecule has 190 valence electrons. The third-order valence-corrected chi connectivity index (χ3v) is 5.85. The van der Waals surface area contributed by atoms with Crippen molar-refractivity contribution in [2.45, 2.75) is 26.2 Å². The van der Waals surface area contributed by atoms with E-state index < -0.39 is 21.3 Å². The molecular weight excluding hydrogens is 484 g/mol. The highest BCUT2D eigenvalue weighted by molar-refractivity contribution is 7.92. The lowest BCUT2D eigenvalue weighted by atomic mass is 9.84. The third kappa shape index (κ3) is 6.30. The number of ether oxygens (including phenoxy) is 1. The molecule has 1 aromatic heterocycles. The van der Waals surface area contributed by atoms with Gasteiger partial charge in [-0.1, -0.05) is 44.1 Å². The standard InChI is InChI=1S/C25H28N4O6S/c1-25(2,3)21-14-20(29-11-10-22(30)27-24(29)31)13-17(23(21)35-4)7-6-16-8-9-19(28-36(5,33)34)12-18(16)15-26-32/h6-15,28,32H,1-5H3,(H,27,30,31)/b7-6+,26-15-. The number of sulfonamides is 1. The molecule has 0 radical (unpaired) electrons. The summed E-state index contributed by atoms with van der Waals surface area (Å²) in [6, 6.07) is 9.66. The normalized spacial score (nSPS) is 12.4. The summed E-state index contributed by atoms with van der Waals surface area (Å²) in [6.07, 6.45) is 7.18. The first-order valence-corrected chi connectivity index (χ1v) is 12.7. The average molecular weight is 513 g/mol. The largest absolute Gasteiger partial charge is 0.496 e. The molecule has 10 nitrogen and oxygen atoms in total. The van der Waals surface area contributed by atoms with E-state index in [0.29, 0.717) is 33.8 Å². The number of aromatic amines is 1. The van der Waals surface area contributed by atoms with Crippen LogP contribution in [-0.2, 0) is 15.4 Å². The van der Waals surface area contributed by atoms with Crippen LogP contribution in [0.3, 0.4) is 0 Å². The number of benzene rings is 2. The molecule has 0 unspecified atom stereocenters. The van der Waals surface area contributed by atoms with E-state index in [1.165, 1.54) is 29.1 Å². The van der Waals surface area contributed by atoms with Crippen molar-refractivity contribution in [1.29, 1.82) is 0 Å². The SMILES string of the molecule is COc1c(/C=C/c2ccc(NS(C)(=O)=O)cc2/C=N\O)cc(-n2ccc(=O)[nH]c2=O)cc1C(C)(C)C. The van der Waals surface area contributed by atoms with Gasteiger partial charge in [0.25, 0.3) is 5.56 Å². The molecule has 0 atom stereocenters. The van der Waals surface area contributed by atoms with Crippen molar-refractivity contribution in [1.82, 2.24) is 9.55 Å². The van der Waals surface area contributed by atoms with Crippen LogP contribution in [0.25, 0.3) is 17.8 Å². The first-order valence-electron chi connectivity index (χ1n) is 10.8. The fourth-order valence-electron chi connectivity index (χ4n) is 3.66. The van der Waals surface area contributed by atoms with Crippen LogP contribution in [0.2, 0.25) is 0 Å². The Labute approximate surface area is 208 Å². The van der Waals surface area contributed by atoms with Gasteiger partial charge in [0, 0.05) is 34.6 Å². The second-order valence-corrected chi connectivity index (χ2v) is 10.9. The van der Waals surface area contributed by atoms with Crippen molar-refractivity contribution < 1.29 is 18.4 Å². The van der Waals surface area contributed by atoms with Crippen LogP contribution in [0, 0.1) is 0 Å². The number of nitrogens with zero attached hydrogens (tertiary/aromatic N) is 2. The van der Waals surface area contributed by atoms with E-state index in [-0.39, 0.29) is 5.41 Å². The van der Waals surface area contributed by atoms with E-state index in [0.717, 1.165) is 11.8 Å². The van der Waals surface area contributed by atoms with Crippen LogP contribution < -0.4 is 20.7 Å². The Bertz CT molecular complexity index is 1560. The number of hydrogen-bond acceptors (Lipinski definition) is 7. The molecule has 3 rings (SSSR count). The molecule has 0 aliphatic heterocycles. The van der Waals surface area contributed by atoms with E-state index in [1.54, 1.807) is 37.5 Å². The molecule has 11 heteroatoms. The highest BCUT2D eigenvalue weighted by Gasteiger charge is 2.22. The first kappa shape index (κ1) is 26.5. The van der Waals surface area contributed by atoms with Gasteiger partial charge in [-0.05, 0) is 35.2 Å². The van der Waals surface area contributed by atoms with Gasteiger partial charge in [-0.25, -0.2) is 13.2 Å². The maximum absolute atomic E-state index is 12.5. The van der Waals surface area contributed by atoms with Crippen molar-refractivity contribution in [3.63, 3.8) is 0 Å². The van der Waals surface area contributed by atoms with Gasteiger partial charge in [-0.3, -0.25) is 19.1 Å². The zero-order chi connectivity index (χ0) is 26.7. The number of rotatable bonds is 7. The minimum absolute atomic E-state index is 0.316. The second-order valence-electron chi connectivity index (χ2n) is 9.14. The summed E-state index contributed by atoms with van der Waals surface area (Å²) in [5, 5.41) is 12.2. The van der Waals surface area contributed by atoms with Gasteiger partial charge in [-0.15, -0.1) is 0 Å². The number of oxime groups is 1. The predicted octanol–water partition coefficient (Wildman–Crippen LogP) is 3.18. The molecule has 1 heterocycles. The van der Waals surface area contributed by atoms with Crippen LogP contribution in [-0.4, -0.2) is 42.8 Å². The molecule has 0 aliphatic rings. The monoisotopic (exact) mass is 512 g/mol. The van der Waals surface area contributed by atoms with E-state index in [9.17, 15) is 18.0 Å². The molecular formula is C25H28N4O6S. The van der Waals surface area contributed by atoms with E-state index in [1.807, 2.05) is 26.8 Å². The smallest absolute Gasteiger partial charge is 0.332 e. The summed E-state index contributed by atoms with van der Waals surface area (Å²) in [5.41, 5.74) is 2.04. The minimum atomic E-state index is -3.48. The van der Waals surface area contributed by atoms with Gasteiger partial charge in [-0.2, -0.15) is 0 Å². The number of aromatic nitrogens is 2. The van der Waals surface area contributed by atoms with E-state index in [4.69, 9.17) is 9.94 Å². The van der Waals surface area contributed by atoms with Crippen molar-refractivity contribution >= 4 is 34.1 Å². The minimum Gasteiger partial charge on any atom is -0.496 e. The maximum Gasteiger partial charge on any atom is 0.332 e. The van der Waals surface area contributed by atoms with Crippen LogP contribution in [0.4, 0.5) is 5.69 Å². The molecule has 0 spiro atoms. The fourth-order valence-corrected chi connectivity index (χ4v) is 4.22. The zero-order valence-electron chi connectivity index (χ0n) is 20.6. The maximum atomic E-state index is 12.5. The van der Waals surface area contributed by atoms with Gasteiger partial charge < -0.3 is 9.94 Å². The summed E-state index contributed by atoms with van der Waals surface area (Å²) in [5.74, 6) is 0.604. The van der Waals surface area contributed by atoms with Crippen LogP contribution in [0.1, 0.15) is 43.0 Å². The van der Waals surface area contributed by atoms with Crippen LogP contribution in [0.15, 0.2) is 57.3 Å². The Kier molecular flexibility index (Phi) is 7.54. The molecule has 0 aliphatic carbocycles. The number of anilines is 1. The molecule has 0 bridgehead atoms. The Morgan fingerprint density at radius 1 is 1.06 bits per heavy atom. The Balaban J connectivity index is 2.19. The van der Waals surface area contributed by atoms with Gasteiger partial charge >= 0.3 is 5.69 Å². The van der Waals surface area contributed by atoms with Gasteiger partial charge in [0.05, 0.1) is 25.3 Å². The van der Waals surface area contributed by atoms with E-state index in [2.05, 4.69) is 14.9 Å². The second kappa shape index (κ2) is 10.2. The molecule has 3 aromatic rings. The summed E-state index contributed by atoms with van der Waals surface area (Å²) >= 11 is 0. The lowest BCUT2D eigenvalue weighted by Crippen LogP contribution is -2.28. The lowest BCUT2D eigenvalue weighted by molar-refractivity contribution is 0.322. The van der Waals surface area contributed by atoms with Crippen molar-refractivity contribution in [2.24, 2.45) is 5.16 Å². The Hall–Kier alpha value is -4.12. The summed E-state index contributed by atoms with van der Waals surface area (Å²) < 4.78 is 32.6. The lowest BCUT2D eigenvalue weighted by Gasteiger charge is -2.25. The average Bonchev–Trinajstić information content (AvgIpc) is 2.76. The summed E-state index contributed by atoms with van der Waals surface area (Å²) in [4.78, 5) is 26.3. The number of hydrogen-bond donors (Lipinski definition) is 3. The predicted molar refractivity (Wildman–Crippen MR) is 141 cm³/mol. The van der Waals surface area contributed by atoms with Gasteiger partial charge in [0.1, 0.15) is 5.75 Å². The molecule has 0 saturated carbocycles. The molecule has 3 N–H and O–H groups in total. The molecule has 0 amide bonds. The highest BCUT2D eigenvalue weighted by atomic mass is 32.2. The molecule has 0 saturated heterocycles. The fraction of sp³-hybridized carbons (Fsp3) is 0.240. The quantitative estimate of drug-likeness (QED) is 0.192. The Morgan fingerprint density at radius 3 is 2.33 bits per heavy atom. The topological polar surface area (TPSA) is 143 Å². The van der Waals surface area contributed by atoms with Crippen molar-refractivity contribution in [3.05, 3.63) is 85.7 Å². The van der Waals surface area contributed by atoms with Crippen molar-refractivity contribution in [3.8, 4) is 11.4 Å². The summed E-state index contributed by atoms with van der Waals surface area (Å²) in [6.45, 7) is 6.04. The Morgan fingerprint density at radius 2 is 1.75 bits per heavy atom. The molecule has 36 heavy (non-hydrogen) atoms. The number of methoxy groups -OCH3 is 1. The highest BCUT2D eigenvalue weighted by Crippen LogP contribution is 2.37. The van der Waals surface area contributed by atoms with Crippen molar-refractivity contribution in [2.75, 3.05) is 18.1 Å². The summed E-state index contributed by atoms with van der Waals surface area (Å²) in [7, 11) is -1.92. The van der Waals surface area contributed by atoms with Gasteiger partial charge in [0.15, 0.2) is 0 Å². The number of H-pyrrole nitrogens is 1. The van der Waals surface area contributed by atoms with Gasteiger partial charge in [0.2, 0.25) is 10.0 Å². The van der Waals surface area contributed by atoms with Crippen LogP contribution >= 0.6 is 0 Å². The number of nitrogens with one attached hydrogen (secondary N) is 2. The molecule has 2 aromatic carbocycles. The molecule has 0 fully saturated rings.